The van der Waals surface area contributed by atoms with Crippen LogP contribution in [-0.2, 0) is 0 Å². The van der Waals surface area contributed by atoms with Gasteiger partial charge in [-0.2, -0.15) is 0 Å². The molecule has 1 aromatic heterocycles. The lowest BCUT2D eigenvalue weighted by Gasteiger charge is -2.23. The number of aromatic nitrogens is 1. The summed E-state index contributed by atoms with van der Waals surface area (Å²) in [5.41, 5.74) is 1.42. The first-order valence-electron chi connectivity index (χ1n) is 6.90. The molecular weight excluding hydrogens is 290 g/mol. The van der Waals surface area contributed by atoms with E-state index in [0.717, 1.165) is 24.3 Å². The Hall–Kier alpha value is -2.01. The van der Waals surface area contributed by atoms with Gasteiger partial charge in [-0.3, -0.25) is 0 Å². The summed E-state index contributed by atoms with van der Waals surface area (Å²) in [6.07, 6.45) is 1.84. The fraction of sp³-hybridized carbons (Fsp3) is 0.333. The van der Waals surface area contributed by atoms with Crippen LogP contribution in [0.4, 0.5) is 10.5 Å². The highest BCUT2D eigenvalue weighted by molar-refractivity contribution is 6.33. The van der Waals surface area contributed by atoms with Crippen molar-refractivity contribution in [2.24, 2.45) is 0 Å². The number of nitrogens with zero attached hydrogens (tertiary/aromatic N) is 2. The fourth-order valence-electron chi connectivity index (χ4n) is 2.61. The second-order valence-corrected chi connectivity index (χ2v) is 5.53. The van der Waals surface area contributed by atoms with Gasteiger partial charge in [0, 0.05) is 12.6 Å². The van der Waals surface area contributed by atoms with Crippen molar-refractivity contribution in [2.45, 2.75) is 25.8 Å². The maximum absolute atomic E-state index is 12.5. The van der Waals surface area contributed by atoms with E-state index in [1.807, 2.05) is 25.1 Å². The average Bonchev–Trinajstić information content (AvgIpc) is 3.09. The van der Waals surface area contributed by atoms with Gasteiger partial charge in [-0.15, -0.1) is 0 Å². The van der Waals surface area contributed by atoms with Crippen LogP contribution in [-0.4, -0.2) is 22.6 Å². The van der Waals surface area contributed by atoms with Crippen molar-refractivity contribution in [3.8, 4) is 0 Å². The van der Waals surface area contributed by atoms with Gasteiger partial charge in [-0.25, -0.2) is 4.79 Å². The van der Waals surface area contributed by atoms with Crippen molar-refractivity contribution in [3.05, 3.63) is 46.8 Å². The molecule has 6 heteroatoms. The number of carbonyl (C=O) groups excluding carboxylic acids is 1. The Morgan fingerprint density at radius 2 is 2.29 bits per heavy atom. The van der Waals surface area contributed by atoms with E-state index in [4.69, 9.17) is 16.1 Å². The minimum Gasteiger partial charge on any atom is -0.361 e. The van der Waals surface area contributed by atoms with Crippen LogP contribution < -0.4 is 5.32 Å². The monoisotopic (exact) mass is 305 g/mol. The van der Waals surface area contributed by atoms with E-state index in [2.05, 4.69) is 10.5 Å². The number of urea groups is 1. The summed E-state index contributed by atoms with van der Waals surface area (Å²) in [5.74, 6) is 0.753. The predicted octanol–water partition coefficient (Wildman–Crippen LogP) is 4.01. The van der Waals surface area contributed by atoms with E-state index in [1.54, 1.807) is 17.0 Å². The molecule has 1 atom stereocenters. The maximum Gasteiger partial charge on any atom is 0.322 e. The van der Waals surface area contributed by atoms with Gasteiger partial charge in [-0.05, 0) is 31.9 Å². The van der Waals surface area contributed by atoms with Gasteiger partial charge >= 0.3 is 6.03 Å². The molecule has 21 heavy (non-hydrogen) atoms. The highest BCUT2D eigenvalue weighted by Gasteiger charge is 2.32. The maximum atomic E-state index is 12.5. The molecule has 0 unspecified atom stereocenters. The van der Waals surface area contributed by atoms with Crippen LogP contribution in [0.15, 0.2) is 34.9 Å². The first-order valence-corrected chi connectivity index (χ1v) is 7.28. The van der Waals surface area contributed by atoms with Crippen LogP contribution >= 0.6 is 11.6 Å². The number of hydrogen-bond donors (Lipinski definition) is 1. The molecule has 3 rings (SSSR count). The van der Waals surface area contributed by atoms with Crippen LogP contribution in [0.25, 0.3) is 0 Å². The number of rotatable bonds is 2. The van der Waals surface area contributed by atoms with E-state index in [0.29, 0.717) is 17.3 Å². The van der Waals surface area contributed by atoms with Gasteiger partial charge in [-0.1, -0.05) is 28.9 Å². The summed E-state index contributed by atoms with van der Waals surface area (Å²) in [5, 5.41) is 7.41. The Balaban J connectivity index is 1.76. The number of aryl methyl sites for hydroxylation is 1. The highest BCUT2D eigenvalue weighted by Crippen LogP contribution is 2.32. The third-order valence-electron chi connectivity index (χ3n) is 3.62. The Kier molecular flexibility index (Phi) is 3.84. The van der Waals surface area contributed by atoms with Gasteiger partial charge in [0.25, 0.3) is 0 Å². The Morgan fingerprint density at radius 3 is 3.00 bits per heavy atom. The molecule has 1 fully saturated rings. The Labute approximate surface area is 127 Å². The first-order chi connectivity index (χ1) is 10.1. The van der Waals surface area contributed by atoms with Crippen molar-refractivity contribution < 1.29 is 9.32 Å². The third kappa shape index (κ3) is 2.88. The van der Waals surface area contributed by atoms with Gasteiger partial charge in [0.1, 0.15) is 11.5 Å². The molecule has 0 bridgehead atoms. The van der Waals surface area contributed by atoms with Crippen LogP contribution in [0.2, 0.25) is 5.02 Å². The number of benzene rings is 1. The molecule has 2 aromatic rings. The lowest BCUT2D eigenvalue weighted by Crippen LogP contribution is -2.34. The van der Waals surface area contributed by atoms with Crippen molar-refractivity contribution in [1.29, 1.82) is 0 Å². The minimum atomic E-state index is -0.161. The van der Waals surface area contributed by atoms with Crippen LogP contribution in [0, 0.1) is 6.92 Å². The minimum absolute atomic E-state index is 0.0371. The van der Waals surface area contributed by atoms with Gasteiger partial charge in [0.05, 0.1) is 16.8 Å². The van der Waals surface area contributed by atoms with Crippen molar-refractivity contribution >= 4 is 23.3 Å². The molecule has 2 heterocycles. The molecule has 1 N–H and O–H groups in total. The fourth-order valence-corrected chi connectivity index (χ4v) is 2.79. The van der Waals surface area contributed by atoms with Crippen molar-refractivity contribution in [1.82, 2.24) is 10.1 Å². The molecule has 0 aliphatic carbocycles. The topological polar surface area (TPSA) is 58.4 Å². The molecule has 1 aliphatic rings. The number of halogens is 1. The number of likely N-dealkylation sites (tertiary alicyclic amines) is 1. The summed E-state index contributed by atoms with van der Waals surface area (Å²) in [6.45, 7) is 2.55. The van der Waals surface area contributed by atoms with Crippen LogP contribution in [0.5, 0.6) is 0 Å². The lowest BCUT2D eigenvalue weighted by atomic mass is 10.1. The van der Waals surface area contributed by atoms with E-state index < -0.39 is 0 Å². The number of amides is 2. The zero-order chi connectivity index (χ0) is 14.8. The lowest BCUT2D eigenvalue weighted by molar-refractivity contribution is 0.204. The SMILES string of the molecule is Cc1cc([C@@H]2CCCN2C(=O)Nc2ccccc2Cl)no1. The van der Waals surface area contributed by atoms with E-state index in [1.165, 1.54) is 0 Å². The van der Waals surface area contributed by atoms with E-state index in [9.17, 15) is 4.79 Å². The van der Waals surface area contributed by atoms with Crippen LogP contribution in [0.1, 0.15) is 30.3 Å². The van der Waals surface area contributed by atoms with Crippen LogP contribution in [0.3, 0.4) is 0 Å². The molecule has 5 nitrogen and oxygen atoms in total. The quantitative estimate of drug-likeness (QED) is 0.912. The summed E-state index contributed by atoms with van der Waals surface area (Å²) in [4.78, 5) is 14.2. The second kappa shape index (κ2) is 5.77. The summed E-state index contributed by atoms with van der Waals surface area (Å²) < 4.78 is 5.11. The zero-order valence-corrected chi connectivity index (χ0v) is 12.4. The predicted molar refractivity (Wildman–Crippen MR) is 80.4 cm³/mol. The molecule has 1 saturated heterocycles. The molecule has 1 aliphatic heterocycles. The van der Waals surface area contributed by atoms with Gasteiger partial charge < -0.3 is 14.7 Å². The number of nitrogens with one attached hydrogen (secondary N) is 1. The largest absolute Gasteiger partial charge is 0.361 e. The van der Waals surface area contributed by atoms with Crippen molar-refractivity contribution in [3.63, 3.8) is 0 Å². The Morgan fingerprint density at radius 1 is 1.48 bits per heavy atom. The summed E-state index contributed by atoms with van der Waals surface area (Å²) in [6, 6.07) is 8.88. The number of carbonyl (C=O) groups is 1. The van der Waals surface area contributed by atoms with E-state index >= 15 is 0 Å². The third-order valence-corrected chi connectivity index (χ3v) is 3.95. The molecule has 0 spiro atoms. The van der Waals surface area contributed by atoms with Crippen molar-refractivity contribution in [2.75, 3.05) is 11.9 Å². The van der Waals surface area contributed by atoms with Gasteiger partial charge in [0.2, 0.25) is 0 Å². The number of hydrogen-bond acceptors (Lipinski definition) is 3. The standard InChI is InChI=1S/C15H16ClN3O2/c1-10-9-13(18-21-10)14-7-4-8-19(14)15(20)17-12-6-3-2-5-11(12)16/h2-3,5-6,9,14H,4,7-8H2,1H3,(H,17,20)/t14-/m0/s1. The summed E-state index contributed by atoms with van der Waals surface area (Å²) in [7, 11) is 0. The second-order valence-electron chi connectivity index (χ2n) is 5.12. The Bertz CT molecular complexity index is 656. The summed E-state index contributed by atoms with van der Waals surface area (Å²) >= 11 is 6.07. The molecule has 0 radical (unpaired) electrons. The highest BCUT2D eigenvalue weighted by atomic mass is 35.5. The molecular formula is C15H16ClN3O2. The first kappa shape index (κ1) is 13.9. The molecule has 2 amide bonds. The number of para-hydroxylation sites is 1. The molecule has 0 saturated carbocycles. The van der Waals surface area contributed by atoms with E-state index in [-0.39, 0.29) is 12.1 Å². The molecule has 1 aromatic carbocycles. The average molecular weight is 306 g/mol. The van der Waals surface area contributed by atoms with Gasteiger partial charge in [0.15, 0.2) is 0 Å². The normalized spacial score (nSPS) is 18.0. The number of anilines is 1. The zero-order valence-electron chi connectivity index (χ0n) is 11.7. The molecule has 110 valence electrons. The smallest absolute Gasteiger partial charge is 0.322 e.